The van der Waals surface area contributed by atoms with Gasteiger partial charge in [0.05, 0.1) is 17.0 Å². The number of carbonyl (C=O) groups is 1. The lowest BCUT2D eigenvalue weighted by Gasteiger charge is -2.09. The number of hydrogen-bond donors (Lipinski definition) is 1. The van der Waals surface area contributed by atoms with Gasteiger partial charge in [-0.3, -0.25) is 9.20 Å². The van der Waals surface area contributed by atoms with Gasteiger partial charge in [-0.1, -0.05) is 60.3 Å². The molecule has 4 heterocycles. The van der Waals surface area contributed by atoms with Crippen LogP contribution in [0.4, 0.5) is 5.69 Å². The number of aryl methyl sites for hydroxylation is 1. The minimum Gasteiger partial charge on any atom is -0.325 e. The third-order valence-electron chi connectivity index (χ3n) is 6.49. The molecule has 1 amide bonds. The predicted molar refractivity (Wildman–Crippen MR) is 145 cm³/mol. The minimum absolute atomic E-state index is 0.0907. The third kappa shape index (κ3) is 3.54. The fourth-order valence-corrected chi connectivity index (χ4v) is 6.76. The Labute approximate surface area is 214 Å². The molecular weight excluding hydrogens is 488 g/mol. The van der Waals surface area contributed by atoms with Crippen molar-refractivity contribution in [2.45, 2.75) is 24.4 Å². The van der Waals surface area contributed by atoms with E-state index in [1.807, 2.05) is 40.8 Å². The molecule has 0 saturated heterocycles. The molecule has 0 aliphatic heterocycles. The second-order valence-electron chi connectivity index (χ2n) is 8.72. The maximum atomic E-state index is 12.4. The Hall–Kier alpha value is -3.82. The van der Waals surface area contributed by atoms with E-state index in [9.17, 15) is 4.79 Å². The van der Waals surface area contributed by atoms with Crippen molar-refractivity contribution in [2.24, 2.45) is 0 Å². The number of pyridine rings is 1. The SMILES string of the molecule is O=C(CSc1nnc2c3sc4nc(-c5ccccc5)c5c(c4c3ncn12)CCC5)Nc1ccccc1. The summed E-state index contributed by atoms with van der Waals surface area (Å²) in [7, 11) is 0. The molecule has 1 aliphatic carbocycles. The van der Waals surface area contributed by atoms with E-state index >= 15 is 0 Å². The van der Waals surface area contributed by atoms with Crippen molar-refractivity contribution >= 4 is 60.8 Å². The number of hydrogen-bond acceptors (Lipinski definition) is 7. The molecule has 36 heavy (non-hydrogen) atoms. The van der Waals surface area contributed by atoms with Crippen LogP contribution in [0.5, 0.6) is 0 Å². The number of nitrogens with zero attached hydrogens (tertiary/aromatic N) is 5. The first-order valence-electron chi connectivity index (χ1n) is 11.8. The van der Waals surface area contributed by atoms with Gasteiger partial charge in [0.25, 0.3) is 0 Å². The van der Waals surface area contributed by atoms with Gasteiger partial charge >= 0.3 is 0 Å². The number of amides is 1. The van der Waals surface area contributed by atoms with Crippen LogP contribution in [0.2, 0.25) is 0 Å². The highest BCUT2D eigenvalue weighted by Crippen LogP contribution is 2.42. The molecule has 176 valence electrons. The number of para-hydroxylation sites is 1. The lowest BCUT2D eigenvalue weighted by atomic mass is 10.0. The van der Waals surface area contributed by atoms with Gasteiger partial charge in [0.2, 0.25) is 5.91 Å². The molecule has 9 heteroatoms. The van der Waals surface area contributed by atoms with Crippen molar-refractivity contribution in [3.8, 4) is 11.3 Å². The number of carbonyl (C=O) groups excluding carboxylic acids is 1. The van der Waals surface area contributed by atoms with Gasteiger partial charge in [0.15, 0.2) is 10.8 Å². The van der Waals surface area contributed by atoms with E-state index in [1.165, 1.54) is 22.9 Å². The van der Waals surface area contributed by atoms with Crippen LogP contribution in [-0.4, -0.2) is 36.2 Å². The van der Waals surface area contributed by atoms with E-state index in [1.54, 1.807) is 17.7 Å². The van der Waals surface area contributed by atoms with E-state index in [0.717, 1.165) is 62.3 Å². The number of fused-ring (bicyclic) bond motifs is 7. The fourth-order valence-electron chi connectivity index (χ4n) is 4.92. The number of aromatic nitrogens is 5. The second-order valence-corrected chi connectivity index (χ2v) is 10.7. The van der Waals surface area contributed by atoms with Crippen LogP contribution in [0.1, 0.15) is 17.5 Å². The zero-order chi connectivity index (χ0) is 24.1. The maximum Gasteiger partial charge on any atom is 0.234 e. The highest BCUT2D eigenvalue weighted by Gasteiger charge is 2.25. The van der Waals surface area contributed by atoms with Gasteiger partial charge in [-0.25, -0.2) is 9.97 Å². The second kappa shape index (κ2) is 8.69. The normalized spacial score (nSPS) is 13.0. The number of thiophene rings is 1. The van der Waals surface area contributed by atoms with Crippen LogP contribution in [0.25, 0.3) is 37.3 Å². The summed E-state index contributed by atoms with van der Waals surface area (Å²) in [6, 6.07) is 19.9. The lowest BCUT2D eigenvalue weighted by Crippen LogP contribution is -2.14. The molecule has 6 aromatic rings. The number of nitrogens with one attached hydrogen (secondary N) is 1. The zero-order valence-electron chi connectivity index (χ0n) is 19.1. The summed E-state index contributed by atoms with van der Waals surface area (Å²) in [5, 5.41) is 13.6. The maximum absolute atomic E-state index is 12.4. The van der Waals surface area contributed by atoms with Crippen molar-refractivity contribution in [3.05, 3.63) is 78.1 Å². The average molecular weight is 509 g/mol. The van der Waals surface area contributed by atoms with Crippen LogP contribution in [0, 0.1) is 0 Å². The summed E-state index contributed by atoms with van der Waals surface area (Å²) in [5.74, 6) is 0.141. The summed E-state index contributed by atoms with van der Waals surface area (Å²) in [5.41, 5.74) is 7.42. The Bertz CT molecular complexity index is 1760. The number of rotatable bonds is 5. The molecule has 0 saturated carbocycles. The van der Waals surface area contributed by atoms with E-state index in [2.05, 4.69) is 39.8 Å². The van der Waals surface area contributed by atoms with Crippen LogP contribution in [0.3, 0.4) is 0 Å². The Balaban J connectivity index is 1.27. The molecular formula is C27H20N6OS2. The molecule has 0 fully saturated rings. The Kier molecular flexibility index (Phi) is 5.18. The van der Waals surface area contributed by atoms with Crippen molar-refractivity contribution in [2.75, 3.05) is 11.1 Å². The predicted octanol–water partition coefficient (Wildman–Crippen LogP) is 5.77. The van der Waals surface area contributed by atoms with Crippen molar-refractivity contribution in [1.29, 1.82) is 0 Å². The van der Waals surface area contributed by atoms with Gasteiger partial charge in [-0.15, -0.1) is 21.5 Å². The van der Waals surface area contributed by atoms with E-state index in [-0.39, 0.29) is 11.7 Å². The van der Waals surface area contributed by atoms with Crippen LogP contribution in [-0.2, 0) is 17.6 Å². The Morgan fingerprint density at radius 2 is 1.78 bits per heavy atom. The van der Waals surface area contributed by atoms with E-state index in [4.69, 9.17) is 9.97 Å². The van der Waals surface area contributed by atoms with Crippen molar-refractivity contribution in [3.63, 3.8) is 0 Å². The monoisotopic (exact) mass is 508 g/mol. The first-order valence-corrected chi connectivity index (χ1v) is 13.6. The quantitative estimate of drug-likeness (QED) is 0.298. The largest absolute Gasteiger partial charge is 0.325 e. The molecule has 7 rings (SSSR count). The Morgan fingerprint density at radius 3 is 2.61 bits per heavy atom. The zero-order valence-corrected chi connectivity index (χ0v) is 20.8. The molecule has 2 aromatic carbocycles. The van der Waals surface area contributed by atoms with E-state index in [0.29, 0.717) is 5.16 Å². The number of anilines is 1. The standard InChI is InChI=1S/C27H20N6OS2/c34-20(29-17-10-5-2-6-11-17)14-35-27-32-31-25-24-23(28-15-33(25)27)21-18-12-7-13-19(18)22(30-26(21)36-24)16-8-3-1-4-9-16/h1-6,8-11,15H,7,12-14H2,(H,29,34). The van der Waals surface area contributed by atoms with Gasteiger partial charge in [0.1, 0.15) is 15.9 Å². The fraction of sp³-hybridized carbons (Fsp3) is 0.148. The molecule has 7 nitrogen and oxygen atoms in total. The van der Waals surface area contributed by atoms with Gasteiger partial charge in [0, 0.05) is 16.6 Å². The average Bonchev–Trinajstić information content (AvgIpc) is 3.64. The minimum atomic E-state index is -0.0907. The van der Waals surface area contributed by atoms with E-state index < -0.39 is 0 Å². The van der Waals surface area contributed by atoms with Gasteiger partial charge in [-0.2, -0.15) is 0 Å². The molecule has 0 spiro atoms. The van der Waals surface area contributed by atoms with Crippen LogP contribution >= 0.6 is 23.1 Å². The topological polar surface area (TPSA) is 85.1 Å². The van der Waals surface area contributed by atoms with Crippen molar-refractivity contribution in [1.82, 2.24) is 24.6 Å². The smallest absolute Gasteiger partial charge is 0.234 e. The lowest BCUT2D eigenvalue weighted by molar-refractivity contribution is -0.113. The summed E-state index contributed by atoms with van der Waals surface area (Å²) in [4.78, 5) is 23.4. The van der Waals surface area contributed by atoms with Crippen molar-refractivity contribution < 1.29 is 4.79 Å². The molecule has 1 aliphatic rings. The first-order chi connectivity index (χ1) is 17.8. The Morgan fingerprint density at radius 1 is 1.00 bits per heavy atom. The molecule has 0 radical (unpaired) electrons. The highest BCUT2D eigenvalue weighted by molar-refractivity contribution is 7.99. The van der Waals surface area contributed by atoms with Gasteiger partial charge < -0.3 is 5.32 Å². The molecule has 0 bridgehead atoms. The van der Waals surface area contributed by atoms with Crippen LogP contribution < -0.4 is 5.32 Å². The summed E-state index contributed by atoms with van der Waals surface area (Å²) >= 11 is 2.97. The highest BCUT2D eigenvalue weighted by atomic mass is 32.2. The molecule has 0 atom stereocenters. The number of thioether (sulfide) groups is 1. The first kappa shape index (κ1) is 21.5. The van der Waals surface area contributed by atoms with Crippen LogP contribution in [0.15, 0.2) is 72.1 Å². The summed E-state index contributed by atoms with van der Waals surface area (Å²) < 4.78 is 2.85. The summed E-state index contributed by atoms with van der Waals surface area (Å²) in [6.07, 6.45) is 4.98. The van der Waals surface area contributed by atoms with Gasteiger partial charge in [-0.05, 0) is 42.5 Å². The third-order valence-corrected chi connectivity index (χ3v) is 8.50. The number of benzene rings is 2. The molecule has 0 unspecified atom stereocenters. The molecule has 1 N–H and O–H groups in total. The molecule has 4 aromatic heterocycles. The summed E-state index contributed by atoms with van der Waals surface area (Å²) in [6.45, 7) is 0.